The summed E-state index contributed by atoms with van der Waals surface area (Å²) in [6, 6.07) is 23.9. The summed E-state index contributed by atoms with van der Waals surface area (Å²) in [5.41, 5.74) is 6.84. The molecule has 0 radical (unpaired) electrons. The summed E-state index contributed by atoms with van der Waals surface area (Å²) in [4.78, 5) is 37.4. The lowest BCUT2D eigenvalue weighted by Crippen LogP contribution is -2.27. The zero-order chi connectivity index (χ0) is 31.5. The monoisotopic (exact) mass is 576 g/mol. The molecule has 5 heteroatoms. The van der Waals surface area contributed by atoms with Gasteiger partial charge in [-0.25, -0.2) is 9.59 Å². The molecule has 43 heavy (non-hydrogen) atoms. The van der Waals surface area contributed by atoms with Crippen molar-refractivity contribution in [2.75, 3.05) is 0 Å². The maximum absolute atomic E-state index is 13.0. The Morgan fingerprint density at radius 2 is 1.00 bits per heavy atom. The molecule has 0 saturated carbocycles. The van der Waals surface area contributed by atoms with E-state index in [1.165, 1.54) is 6.92 Å². The standard InChI is InChI=1S/C38H40O5/c1-23(2)22-38(8,32-18-24(3)34(25(4)19-32)42-36(40)30-12-10-9-11-13-30)33-20-26(5)35(27(6)21-33)43-37(41)31-16-14-29(15-17-31)28(7)39/h9-21,23H,22H2,1-8H3. The Labute approximate surface area is 254 Å². The van der Waals surface area contributed by atoms with Gasteiger partial charge in [-0.2, -0.15) is 0 Å². The van der Waals surface area contributed by atoms with Gasteiger partial charge in [-0.3, -0.25) is 4.79 Å². The minimum absolute atomic E-state index is 0.0557. The SMILES string of the molecule is CC(=O)c1ccc(C(=O)Oc2c(C)cc(C(C)(CC(C)C)c3cc(C)c(OC(=O)c4ccccc4)c(C)c3)cc2C)cc1. The van der Waals surface area contributed by atoms with Crippen molar-refractivity contribution < 1.29 is 23.9 Å². The molecule has 0 aliphatic carbocycles. The summed E-state index contributed by atoms with van der Waals surface area (Å²) in [5.74, 6) is 0.612. The molecule has 0 N–H and O–H groups in total. The molecule has 1 unspecified atom stereocenters. The average molecular weight is 577 g/mol. The zero-order valence-corrected chi connectivity index (χ0v) is 26.3. The fourth-order valence-corrected chi connectivity index (χ4v) is 5.80. The molecule has 0 fully saturated rings. The average Bonchev–Trinajstić information content (AvgIpc) is 2.96. The number of benzene rings is 4. The van der Waals surface area contributed by atoms with Crippen molar-refractivity contribution in [2.24, 2.45) is 5.92 Å². The Bertz CT molecular complexity index is 1620. The summed E-state index contributed by atoms with van der Waals surface area (Å²) < 4.78 is 11.7. The van der Waals surface area contributed by atoms with E-state index in [0.29, 0.717) is 34.1 Å². The van der Waals surface area contributed by atoms with Gasteiger partial charge < -0.3 is 9.47 Å². The molecule has 0 amide bonds. The molecular weight excluding hydrogens is 536 g/mol. The first-order chi connectivity index (χ1) is 20.3. The van der Waals surface area contributed by atoms with Gasteiger partial charge in [0.25, 0.3) is 0 Å². The summed E-state index contributed by atoms with van der Waals surface area (Å²) in [7, 11) is 0. The molecule has 0 aromatic heterocycles. The van der Waals surface area contributed by atoms with E-state index in [1.807, 2.05) is 45.9 Å². The lowest BCUT2D eigenvalue weighted by Gasteiger charge is -2.34. The highest BCUT2D eigenvalue weighted by molar-refractivity contribution is 5.96. The van der Waals surface area contributed by atoms with Crippen molar-refractivity contribution in [3.8, 4) is 11.5 Å². The van der Waals surface area contributed by atoms with Crippen LogP contribution in [-0.4, -0.2) is 17.7 Å². The van der Waals surface area contributed by atoms with Gasteiger partial charge in [-0.15, -0.1) is 0 Å². The number of Topliss-reactive ketones (excluding diaryl/α,β-unsaturated/α-hetero) is 1. The molecule has 0 spiro atoms. The highest BCUT2D eigenvalue weighted by Crippen LogP contribution is 2.43. The molecule has 4 aromatic rings. The largest absolute Gasteiger partial charge is 0.422 e. The predicted octanol–water partition coefficient (Wildman–Crippen LogP) is 8.91. The molecule has 5 nitrogen and oxygen atoms in total. The highest BCUT2D eigenvalue weighted by atomic mass is 16.5. The van der Waals surface area contributed by atoms with Crippen molar-refractivity contribution in [3.63, 3.8) is 0 Å². The molecule has 0 saturated heterocycles. The first-order valence-corrected chi connectivity index (χ1v) is 14.6. The van der Waals surface area contributed by atoms with E-state index >= 15 is 0 Å². The minimum Gasteiger partial charge on any atom is -0.422 e. The molecule has 4 aromatic carbocycles. The first kappa shape index (κ1) is 31.4. The predicted molar refractivity (Wildman–Crippen MR) is 171 cm³/mol. The maximum Gasteiger partial charge on any atom is 0.343 e. The van der Waals surface area contributed by atoms with Crippen LogP contribution in [0.2, 0.25) is 0 Å². The Morgan fingerprint density at radius 3 is 1.37 bits per heavy atom. The molecule has 0 aliphatic rings. The first-order valence-electron chi connectivity index (χ1n) is 14.6. The number of carbonyl (C=O) groups is 3. The van der Waals surface area contributed by atoms with Crippen LogP contribution in [0.15, 0.2) is 78.9 Å². The molecule has 0 aliphatic heterocycles. The van der Waals surface area contributed by atoms with Gasteiger partial charge in [-0.1, -0.05) is 75.4 Å². The fourth-order valence-electron chi connectivity index (χ4n) is 5.80. The van der Waals surface area contributed by atoms with Gasteiger partial charge in [0.1, 0.15) is 11.5 Å². The van der Waals surface area contributed by atoms with Crippen LogP contribution in [0.25, 0.3) is 0 Å². The summed E-state index contributed by atoms with van der Waals surface area (Å²) in [6.07, 6.45) is 0.884. The molecular formula is C38H40O5. The van der Waals surface area contributed by atoms with Crippen molar-refractivity contribution in [1.29, 1.82) is 0 Å². The molecule has 4 rings (SSSR count). The van der Waals surface area contributed by atoms with E-state index in [0.717, 1.165) is 39.8 Å². The van der Waals surface area contributed by atoms with Crippen LogP contribution in [-0.2, 0) is 5.41 Å². The Morgan fingerprint density at radius 1 is 0.628 bits per heavy atom. The molecule has 1 atom stereocenters. The number of aryl methyl sites for hydroxylation is 4. The summed E-state index contributed by atoms with van der Waals surface area (Å²) in [6.45, 7) is 16.0. The van der Waals surface area contributed by atoms with E-state index in [1.54, 1.807) is 36.4 Å². The van der Waals surface area contributed by atoms with Crippen molar-refractivity contribution in [1.82, 2.24) is 0 Å². The number of esters is 2. The third-order valence-electron chi connectivity index (χ3n) is 7.94. The van der Waals surface area contributed by atoms with Crippen LogP contribution < -0.4 is 9.47 Å². The third kappa shape index (κ3) is 6.94. The van der Waals surface area contributed by atoms with Crippen LogP contribution in [0.5, 0.6) is 11.5 Å². The second-order valence-corrected chi connectivity index (χ2v) is 12.1. The number of ether oxygens (including phenoxy) is 2. The maximum atomic E-state index is 13.0. The number of hydrogen-bond acceptors (Lipinski definition) is 5. The van der Waals surface area contributed by atoms with Gasteiger partial charge in [0.15, 0.2) is 5.78 Å². The molecule has 222 valence electrons. The van der Waals surface area contributed by atoms with E-state index in [-0.39, 0.29) is 17.2 Å². The normalized spacial score (nSPS) is 12.5. The van der Waals surface area contributed by atoms with Gasteiger partial charge in [0.2, 0.25) is 0 Å². The summed E-state index contributed by atoms with van der Waals surface area (Å²) in [5, 5.41) is 0. The Kier molecular flexibility index (Phi) is 9.34. The number of hydrogen-bond donors (Lipinski definition) is 0. The highest BCUT2D eigenvalue weighted by Gasteiger charge is 2.32. The van der Waals surface area contributed by atoms with E-state index in [9.17, 15) is 14.4 Å². The van der Waals surface area contributed by atoms with Gasteiger partial charge in [0, 0.05) is 11.0 Å². The van der Waals surface area contributed by atoms with Crippen LogP contribution in [0.4, 0.5) is 0 Å². The second kappa shape index (κ2) is 12.8. The van der Waals surface area contributed by atoms with E-state index < -0.39 is 5.97 Å². The van der Waals surface area contributed by atoms with E-state index in [2.05, 4.69) is 45.0 Å². The second-order valence-electron chi connectivity index (χ2n) is 12.1. The van der Waals surface area contributed by atoms with E-state index in [4.69, 9.17) is 9.47 Å². The lowest BCUT2D eigenvalue weighted by atomic mass is 9.70. The van der Waals surface area contributed by atoms with Crippen LogP contribution in [0.1, 0.15) is 98.6 Å². The minimum atomic E-state index is -0.467. The van der Waals surface area contributed by atoms with Crippen molar-refractivity contribution in [3.05, 3.63) is 129 Å². The van der Waals surface area contributed by atoms with Gasteiger partial charge >= 0.3 is 11.9 Å². The Balaban J connectivity index is 1.67. The van der Waals surface area contributed by atoms with Crippen LogP contribution in [0.3, 0.4) is 0 Å². The fraction of sp³-hybridized carbons (Fsp3) is 0.289. The van der Waals surface area contributed by atoms with Crippen LogP contribution >= 0.6 is 0 Å². The third-order valence-corrected chi connectivity index (χ3v) is 7.94. The number of rotatable bonds is 9. The van der Waals surface area contributed by atoms with Crippen molar-refractivity contribution in [2.45, 2.75) is 67.2 Å². The smallest absolute Gasteiger partial charge is 0.343 e. The molecule has 0 bridgehead atoms. The number of carbonyl (C=O) groups excluding carboxylic acids is 3. The van der Waals surface area contributed by atoms with Crippen LogP contribution in [0, 0.1) is 33.6 Å². The van der Waals surface area contributed by atoms with Gasteiger partial charge in [-0.05, 0) is 105 Å². The molecule has 0 heterocycles. The lowest BCUT2D eigenvalue weighted by molar-refractivity contribution is 0.0723. The van der Waals surface area contributed by atoms with Crippen molar-refractivity contribution >= 4 is 17.7 Å². The Hall–Kier alpha value is -4.51. The quantitative estimate of drug-likeness (QED) is 0.113. The zero-order valence-electron chi connectivity index (χ0n) is 26.3. The number of ketones is 1. The topological polar surface area (TPSA) is 69.7 Å². The van der Waals surface area contributed by atoms with Gasteiger partial charge in [0.05, 0.1) is 11.1 Å². The summed E-state index contributed by atoms with van der Waals surface area (Å²) >= 11 is 0.